The van der Waals surface area contributed by atoms with Gasteiger partial charge in [0.05, 0.1) is 18.1 Å². The van der Waals surface area contributed by atoms with Crippen LogP contribution in [0.5, 0.6) is 0 Å². The Labute approximate surface area is 102 Å². The number of rotatable bonds is 4. The standard InChI is InChI=1S/C10H14N2O4S/c1-4(13)7-5-2-6(17-3-11)8(10(15)16)12(5)9(7)14/h4-5,7,13H,2-3,11H2,1H3,(H,15,16)/t4-,5-,7-/m1/s1. The molecule has 2 rings (SSSR count). The molecule has 0 aromatic heterocycles. The number of aliphatic hydroxyl groups excluding tert-OH is 1. The molecule has 0 unspecified atom stereocenters. The molecule has 0 saturated carbocycles. The molecule has 2 heterocycles. The SMILES string of the molecule is C[C@@H](O)[C@H]1C(=O)N2C(C(=O)O)=C(SCN)C[C@H]12. The second-order valence-electron chi connectivity index (χ2n) is 4.13. The van der Waals surface area contributed by atoms with E-state index in [9.17, 15) is 14.7 Å². The monoisotopic (exact) mass is 258 g/mol. The molecule has 0 aromatic rings. The third kappa shape index (κ3) is 1.74. The van der Waals surface area contributed by atoms with Crippen LogP contribution in [0.2, 0.25) is 0 Å². The summed E-state index contributed by atoms with van der Waals surface area (Å²) >= 11 is 1.24. The maximum atomic E-state index is 11.8. The number of carboxylic acids is 1. The first-order chi connectivity index (χ1) is 7.99. The van der Waals surface area contributed by atoms with Crippen LogP contribution < -0.4 is 5.73 Å². The van der Waals surface area contributed by atoms with Gasteiger partial charge >= 0.3 is 5.97 Å². The predicted octanol–water partition coefficient (Wildman–Crippen LogP) is -0.456. The lowest BCUT2D eigenvalue weighted by Gasteiger charge is -2.44. The lowest BCUT2D eigenvalue weighted by atomic mass is 9.83. The fraction of sp³-hybridized carbons (Fsp3) is 0.600. The van der Waals surface area contributed by atoms with Crippen LogP contribution in [-0.4, -0.2) is 45.0 Å². The molecule has 3 atom stereocenters. The van der Waals surface area contributed by atoms with Crippen molar-refractivity contribution in [1.82, 2.24) is 4.90 Å². The van der Waals surface area contributed by atoms with Gasteiger partial charge in [-0.1, -0.05) is 0 Å². The van der Waals surface area contributed by atoms with Gasteiger partial charge in [-0.05, 0) is 6.92 Å². The number of thioether (sulfide) groups is 1. The van der Waals surface area contributed by atoms with Crippen LogP contribution in [-0.2, 0) is 9.59 Å². The number of carboxylic acid groups (broad SMARTS) is 1. The van der Waals surface area contributed by atoms with Crippen molar-refractivity contribution in [2.75, 3.05) is 5.88 Å². The summed E-state index contributed by atoms with van der Waals surface area (Å²) in [6, 6.07) is -0.220. The number of carbonyl (C=O) groups excluding carboxylic acids is 1. The molecule has 4 N–H and O–H groups in total. The Morgan fingerprint density at radius 3 is 2.82 bits per heavy atom. The van der Waals surface area contributed by atoms with E-state index in [0.29, 0.717) is 11.3 Å². The van der Waals surface area contributed by atoms with Crippen molar-refractivity contribution in [2.45, 2.75) is 25.5 Å². The van der Waals surface area contributed by atoms with Gasteiger partial charge in [0, 0.05) is 17.2 Å². The highest BCUT2D eigenvalue weighted by molar-refractivity contribution is 8.03. The van der Waals surface area contributed by atoms with E-state index >= 15 is 0 Å². The predicted molar refractivity (Wildman–Crippen MR) is 61.7 cm³/mol. The molecule has 0 radical (unpaired) electrons. The molecule has 1 amide bonds. The summed E-state index contributed by atoms with van der Waals surface area (Å²) < 4.78 is 0. The van der Waals surface area contributed by atoms with Gasteiger partial charge in [-0.2, -0.15) is 0 Å². The topological polar surface area (TPSA) is 104 Å². The van der Waals surface area contributed by atoms with Crippen molar-refractivity contribution < 1.29 is 19.8 Å². The van der Waals surface area contributed by atoms with Gasteiger partial charge in [-0.25, -0.2) is 4.79 Å². The molecule has 1 saturated heterocycles. The minimum absolute atomic E-state index is 0.0346. The van der Waals surface area contributed by atoms with Gasteiger partial charge in [-0.15, -0.1) is 11.8 Å². The molecule has 2 aliphatic rings. The average molecular weight is 258 g/mol. The normalized spacial score (nSPS) is 29.1. The van der Waals surface area contributed by atoms with Gasteiger partial charge in [0.15, 0.2) is 0 Å². The second kappa shape index (κ2) is 4.32. The minimum atomic E-state index is -1.11. The molecule has 94 valence electrons. The number of amides is 1. The Balaban J connectivity index is 2.26. The number of nitrogens with zero attached hydrogens (tertiary/aromatic N) is 1. The van der Waals surface area contributed by atoms with Crippen LogP contribution in [0.4, 0.5) is 0 Å². The molecular formula is C10H14N2O4S. The summed E-state index contributed by atoms with van der Waals surface area (Å²) in [6.07, 6.45) is -0.272. The van der Waals surface area contributed by atoms with E-state index in [1.165, 1.54) is 16.7 Å². The van der Waals surface area contributed by atoms with Crippen molar-refractivity contribution in [2.24, 2.45) is 11.7 Å². The van der Waals surface area contributed by atoms with Crippen LogP contribution in [0.15, 0.2) is 10.6 Å². The smallest absolute Gasteiger partial charge is 0.353 e. The molecule has 0 bridgehead atoms. The summed E-state index contributed by atoms with van der Waals surface area (Å²) in [5.74, 6) is -1.63. The summed E-state index contributed by atoms with van der Waals surface area (Å²) in [7, 11) is 0. The maximum Gasteiger partial charge on any atom is 0.353 e. The van der Waals surface area contributed by atoms with Crippen molar-refractivity contribution in [3.63, 3.8) is 0 Å². The van der Waals surface area contributed by atoms with Gasteiger partial charge in [0.25, 0.3) is 0 Å². The third-order valence-electron chi connectivity index (χ3n) is 3.15. The Kier molecular flexibility index (Phi) is 3.15. The van der Waals surface area contributed by atoms with Crippen molar-refractivity contribution >= 4 is 23.6 Å². The zero-order valence-corrected chi connectivity index (χ0v) is 10.1. The highest BCUT2D eigenvalue weighted by atomic mass is 32.2. The van der Waals surface area contributed by atoms with Gasteiger partial charge < -0.3 is 20.8 Å². The van der Waals surface area contributed by atoms with Crippen molar-refractivity contribution in [3.8, 4) is 0 Å². The van der Waals surface area contributed by atoms with Crippen LogP contribution >= 0.6 is 11.8 Å². The molecule has 6 nitrogen and oxygen atoms in total. The highest BCUT2D eigenvalue weighted by Gasteiger charge is 2.56. The number of β-lactam (4-membered cyclic amide) rings is 1. The molecular weight excluding hydrogens is 244 g/mol. The van der Waals surface area contributed by atoms with Gasteiger partial charge in [0.2, 0.25) is 5.91 Å². The lowest BCUT2D eigenvalue weighted by Crippen LogP contribution is -2.61. The van der Waals surface area contributed by atoms with E-state index in [2.05, 4.69) is 0 Å². The zero-order chi connectivity index (χ0) is 12.7. The number of fused-ring (bicyclic) bond motifs is 1. The van der Waals surface area contributed by atoms with Crippen LogP contribution in [0.3, 0.4) is 0 Å². The molecule has 17 heavy (non-hydrogen) atoms. The molecule has 0 aromatic carbocycles. The number of hydrogen-bond acceptors (Lipinski definition) is 5. The Bertz CT molecular complexity index is 407. The van der Waals surface area contributed by atoms with E-state index in [1.807, 2.05) is 0 Å². The molecule has 2 aliphatic heterocycles. The number of hydrogen-bond donors (Lipinski definition) is 3. The largest absolute Gasteiger partial charge is 0.477 e. The Morgan fingerprint density at radius 2 is 2.35 bits per heavy atom. The Morgan fingerprint density at radius 1 is 1.71 bits per heavy atom. The number of aliphatic hydroxyl groups is 1. The number of nitrogens with two attached hydrogens (primary N) is 1. The van der Waals surface area contributed by atoms with Crippen LogP contribution in [0, 0.1) is 5.92 Å². The quantitative estimate of drug-likeness (QED) is 0.466. The van der Waals surface area contributed by atoms with E-state index in [1.54, 1.807) is 6.92 Å². The van der Waals surface area contributed by atoms with Crippen molar-refractivity contribution in [1.29, 1.82) is 0 Å². The van der Waals surface area contributed by atoms with Gasteiger partial charge in [0.1, 0.15) is 5.70 Å². The fourth-order valence-corrected chi connectivity index (χ4v) is 3.27. The van der Waals surface area contributed by atoms with E-state index in [-0.39, 0.29) is 23.5 Å². The van der Waals surface area contributed by atoms with Crippen LogP contribution in [0.25, 0.3) is 0 Å². The fourth-order valence-electron chi connectivity index (χ4n) is 2.46. The lowest BCUT2D eigenvalue weighted by molar-refractivity contribution is -0.161. The second-order valence-corrected chi connectivity index (χ2v) is 5.25. The average Bonchev–Trinajstić information content (AvgIpc) is 2.53. The Hall–Kier alpha value is -1.05. The van der Waals surface area contributed by atoms with Crippen molar-refractivity contribution in [3.05, 3.63) is 10.6 Å². The molecule has 0 spiro atoms. The highest BCUT2D eigenvalue weighted by Crippen LogP contribution is 2.46. The first kappa shape index (κ1) is 12.4. The summed E-state index contributed by atoms with van der Waals surface area (Å²) in [5.41, 5.74) is 5.43. The summed E-state index contributed by atoms with van der Waals surface area (Å²) in [4.78, 5) is 24.8. The van der Waals surface area contributed by atoms with E-state index < -0.39 is 18.0 Å². The zero-order valence-electron chi connectivity index (χ0n) is 9.29. The van der Waals surface area contributed by atoms with E-state index in [0.717, 1.165) is 0 Å². The van der Waals surface area contributed by atoms with Gasteiger partial charge in [-0.3, -0.25) is 4.79 Å². The number of carbonyl (C=O) groups is 2. The molecule has 1 fully saturated rings. The summed E-state index contributed by atoms with van der Waals surface area (Å²) in [6.45, 7) is 1.55. The molecule has 7 heteroatoms. The minimum Gasteiger partial charge on any atom is -0.477 e. The van der Waals surface area contributed by atoms with Crippen LogP contribution in [0.1, 0.15) is 13.3 Å². The third-order valence-corrected chi connectivity index (χ3v) is 4.02. The first-order valence-corrected chi connectivity index (χ1v) is 6.28. The first-order valence-electron chi connectivity index (χ1n) is 5.29. The number of aliphatic carboxylic acids is 1. The maximum absolute atomic E-state index is 11.8. The molecule has 0 aliphatic carbocycles. The van der Waals surface area contributed by atoms with E-state index in [4.69, 9.17) is 10.8 Å². The summed E-state index contributed by atoms with van der Waals surface area (Å²) in [5, 5.41) is 18.6.